The highest BCUT2D eigenvalue weighted by Gasteiger charge is 2.28. The Morgan fingerprint density at radius 2 is 1.94 bits per heavy atom. The van der Waals surface area contributed by atoms with Crippen molar-refractivity contribution in [2.45, 2.75) is 38.2 Å². The van der Waals surface area contributed by atoms with Crippen molar-refractivity contribution in [3.8, 4) is 0 Å². The average molecular weight is 249 g/mol. The molecule has 0 heterocycles. The van der Waals surface area contributed by atoms with Gasteiger partial charge in [-0.3, -0.25) is 0 Å². The molecule has 1 atom stereocenters. The molecule has 0 saturated carbocycles. The molecule has 0 aromatic rings. The smallest absolute Gasteiger partial charge is 0.336 e. The molecule has 0 fully saturated rings. The van der Waals surface area contributed by atoms with Crippen molar-refractivity contribution in [1.29, 1.82) is 0 Å². The van der Waals surface area contributed by atoms with E-state index in [2.05, 4.69) is 11.6 Å². The summed E-state index contributed by atoms with van der Waals surface area (Å²) >= 11 is 1.86. The minimum Gasteiger partial charge on any atom is -0.479 e. The van der Waals surface area contributed by atoms with Gasteiger partial charge in [-0.25, -0.2) is 4.79 Å². The molecule has 0 aromatic carbocycles. The first-order valence-electron chi connectivity index (χ1n) is 5.66. The summed E-state index contributed by atoms with van der Waals surface area (Å²) in [6.07, 6.45) is 6.76. The Labute approximate surface area is 102 Å². The summed E-state index contributed by atoms with van der Waals surface area (Å²) in [6, 6.07) is 0. The largest absolute Gasteiger partial charge is 0.479 e. The van der Waals surface area contributed by atoms with E-state index >= 15 is 0 Å². The van der Waals surface area contributed by atoms with Gasteiger partial charge in [-0.2, -0.15) is 11.8 Å². The van der Waals surface area contributed by atoms with Crippen LogP contribution < -0.4 is 5.32 Å². The fraction of sp³-hybridized carbons (Fsp3) is 0.909. The highest BCUT2D eigenvalue weighted by molar-refractivity contribution is 7.98. The maximum absolute atomic E-state index is 10.6. The van der Waals surface area contributed by atoms with E-state index in [1.807, 2.05) is 11.8 Å². The van der Waals surface area contributed by atoms with Crippen LogP contribution in [0.1, 0.15) is 32.6 Å². The lowest BCUT2D eigenvalue weighted by Gasteiger charge is -2.18. The summed E-state index contributed by atoms with van der Waals surface area (Å²) < 4.78 is 0. The average Bonchev–Trinajstić information content (AvgIpc) is 2.21. The van der Waals surface area contributed by atoms with Crippen molar-refractivity contribution in [2.24, 2.45) is 0 Å². The fourth-order valence-electron chi connectivity index (χ4n) is 1.26. The van der Waals surface area contributed by atoms with Crippen molar-refractivity contribution in [2.75, 3.05) is 25.1 Å². The molecule has 96 valence electrons. The number of thioether (sulfide) groups is 1. The number of nitrogens with one attached hydrogen (secondary N) is 1. The van der Waals surface area contributed by atoms with Crippen LogP contribution in [-0.2, 0) is 4.79 Å². The van der Waals surface area contributed by atoms with Gasteiger partial charge in [-0.1, -0.05) is 12.8 Å². The second kappa shape index (κ2) is 8.84. The quantitative estimate of drug-likeness (QED) is 0.510. The van der Waals surface area contributed by atoms with Crippen molar-refractivity contribution >= 4 is 17.7 Å². The van der Waals surface area contributed by atoms with E-state index in [-0.39, 0.29) is 6.54 Å². The number of rotatable bonds is 10. The molecule has 0 aliphatic heterocycles. The Bertz CT molecular complexity index is 198. The van der Waals surface area contributed by atoms with E-state index in [1.54, 1.807) is 0 Å². The van der Waals surface area contributed by atoms with Gasteiger partial charge in [0.15, 0.2) is 5.60 Å². The summed E-state index contributed by atoms with van der Waals surface area (Å²) in [4.78, 5) is 10.6. The third-order valence-electron chi connectivity index (χ3n) is 2.38. The zero-order valence-electron chi connectivity index (χ0n) is 10.2. The van der Waals surface area contributed by atoms with Crippen LogP contribution in [0.3, 0.4) is 0 Å². The molecule has 0 amide bonds. The van der Waals surface area contributed by atoms with Crippen LogP contribution in [0.15, 0.2) is 0 Å². The molecule has 0 aliphatic carbocycles. The standard InChI is InChI=1S/C11H23NO3S/c1-11(15,10(13)14)9-12-7-5-3-4-6-8-16-2/h12,15H,3-9H2,1-2H3,(H,13,14). The van der Waals surface area contributed by atoms with Gasteiger partial charge in [0, 0.05) is 6.54 Å². The first-order chi connectivity index (χ1) is 7.50. The Kier molecular flexibility index (Phi) is 8.70. The molecule has 3 N–H and O–H groups in total. The van der Waals surface area contributed by atoms with Crippen LogP contribution in [0.4, 0.5) is 0 Å². The van der Waals surface area contributed by atoms with Crippen LogP contribution in [0, 0.1) is 0 Å². The van der Waals surface area contributed by atoms with Gasteiger partial charge in [0.25, 0.3) is 0 Å². The van der Waals surface area contributed by atoms with Gasteiger partial charge in [-0.05, 0) is 38.3 Å². The SMILES string of the molecule is CSCCCCCCNCC(C)(O)C(=O)O. The molecule has 5 heteroatoms. The van der Waals surface area contributed by atoms with Crippen molar-refractivity contribution < 1.29 is 15.0 Å². The first-order valence-corrected chi connectivity index (χ1v) is 7.05. The van der Waals surface area contributed by atoms with Gasteiger partial charge in [0.05, 0.1) is 0 Å². The van der Waals surface area contributed by atoms with Crippen molar-refractivity contribution in [3.63, 3.8) is 0 Å². The molecule has 0 aliphatic rings. The Morgan fingerprint density at radius 1 is 1.31 bits per heavy atom. The van der Waals surface area contributed by atoms with Gasteiger partial charge >= 0.3 is 5.97 Å². The van der Waals surface area contributed by atoms with Crippen LogP contribution in [0.25, 0.3) is 0 Å². The van der Waals surface area contributed by atoms with E-state index < -0.39 is 11.6 Å². The number of carboxylic acid groups (broad SMARTS) is 1. The topological polar surface area (TPSA) is 69.6 Å². The second-order valence-electron chi connectivity index (χ2n) is 4.16. The molecule has 0 saturated heterocycles. The number of hydrogen-bond acceptors (Lipinski definition) is 4. The van der Waals surface area contributed by atoms with Crippen molar-refractivity contribution in [1.82, 2.24) is 5.32 Å². The predicted octanol–water partition coefficient (Wildman–Crippen LogP) is 1.33. The Morgan fingerprint density at radius 3 is 2.50 bits per heavy atom. The van der Waals surface area contributed by atoms with Crippen LogP contribution in [0.5, 0.6) is 0 Å². The molecule has 0 radical (unpaired) electrons. The van der Waals surface area contributed by atoms with E-state index in [0.29, 0.717) is 0 Å². The van der Waals surface area contributed by atoms with E-state index in [4.69, 9.17) is 5.11 Å². The maximum Gasteiger partial charge on any atom is 0.336 e. The van der Waals surface area contributed by atoms with E-state index in [0.717, 1.165) is 19.4 Å². The zero-order valence-corrected chi connectivity index (χ0v) is 11.0. The number of aliphatic hydroxyl groups is 1. The minimum absolute atomic E-state index is 0.104. The first kappa shape index (κ1) is 15.7. The van der Waals surface area contributed by atoms with Crippen LogP contribution >= 0.6 is 11.8 Å². The molecule has 0 spiro atoms. The van der Waals surface area contributed by atoms with Gasteiger partial charge in [0.2, 0.25) is 0 Å². The summed E-state index contributed by atoms with van der Waals surface area (Å²) in [7, 11) is 0. The normalized spacial score (nSPS) is 14.7. The second-order valence-corrected chi connectivity index (χ2v) is 5.15. The number of unbranched alkanes of at least 4 members (excludes halogenated alkanes) is 3. The third-order valence-corrected chi connectivity index (χ3v) is 3.08. The number of carbonyl (C=O) groups is 1. The lowest BCUT2D eigenvalue weighted by Crippen LogP contribution is -2.45. The Hall–Kier alpha value is -0.260. The summed E-state index contributed by atoms with van der Waals surface area (Å²) in [5.74, 6) is 0.0289. The molecule has 1 unspecified atom stereocenters. The van der Waals surface area contributed by atoms with Crippen LogP contribution in [0.2, 0.25) is 0 Å². The molecule has 4 nitrogen and oxygen atoms in total. The predicted molar refractivity (Wildman–Crippen MR) is 68.0 cm³/mol. The number of carboxylic acids is 1. The van der Waals surface area contributed by atoms with Crippen molar-refractivity contribution in [3.05, 3.63) is 0 Å². The molecular weight excluding hydrogens is 226 g/mol. The van der Waals surface area contributed by atoms with E-state index in [1.165, 1.54) is 25.5 Å². The fourth-order valence-corrected chi connectivity index (χ4v) is 1.75. The van der Waals surface area contributed by atoms with Crippen LogP contribution in [-0.4, -0.2) is 46.9 Å². The van der Waals surface area contributed by atoms with Gasteiger partial charge in [-0.15, -0.1) is 0 Å². The maximum atomic E-state index is 10.6. The lowest BCUT2D eigenvalue weighted by molar-refractivity contribution is -0.156. The molecule has 0 aromatic heterocycles. The molecular formula is C11H23NO3S. The number of hydrogen-bond donors (Lipinski definition) is 3. The lowest BCUT2D eigenvalue weighted by atomic mass is 10.1. The molecule has 0 rings (SSSR count). The van der Waals surface area contributed by atoms with E-state index in [9.17, 15) is 9.90 Å². The Balaban J connectivity index is 3.30. The zero-order chi connectivity index (χ0) is 12.4. The molecule has 0 bridgehead atoms. The summed E-state index contributed by atoms with van der Waals surface area (Å²) in [6.45, 7) is 2.18. The van der Waals surface area contributed by atoms with Gasteiger partial charge in [0.1, 0.15) is 0 Å². The highest BCUT2D eigenvalue weighted by Crippen LogP contribution is 2.04. The highest BCUT2D eigenvalue weighted by atomic mass is 32.2. The molecule has 16 heavy (non-hydrogen) atoms. The summed E-state index contributed by atoms with van der Waals surface area (Å²) in [5, 5.41) is 21.0. The monoisotopic (exact) mass is 249 g/mol. The number of aliphatic carboxylic acids is 1. The summed E-state index contributed by atoms with van der Waals surface area (Å²) in [5.41, 5.74) is -1.65. The minimum atomic E-state index is -1.65. The third kappa shape index (κ3) is 7.96. The van der Waals surface area contributed by atoms with Gasteiger partial charge < -0.3 is 15.5 Å².